The number of nitrogens with one attached hydrogen (secondary N) is 1. The Morgan fingerprint density at radius 3 is 2.74 bits per heavy atom. The lowest BCUT2D eigenvalue weighted by Gasteiger charge is -2.20. The summed E-state index contributed by atoms with van der Waals surface area (Å²) < 4.78 is 0. The van der Waals surface area contributed by atoms with Crippen LogP contribution in [0.25, 0.3) is 0 Å². The third-order valence-corrected chi connectivity index (χ3v) is 3.76. The summed E-state index contributed by atoms with van der Waals surface area (Å²) in [6.45, 7) is 3.93. The van der Waals surface area contributed by atoms with E-state index in [1.54, 1.807) is 0 Å². The van der Waals surface area contributed by atoms with Gasteiger partial charge in [0.2, 0.25) is 5.91 Å². The molecule has 0 bridgehead atoms. The molecule has 4 heteroatoms. The Morgan fingerprint density at radius 1 is 1.26 bits per heavy atom. The molecule has 0 radical (unpaired) electrons. The van der Waals surface area contributed by atoms with Gasteiger partial charge in [0.15, 0.2) is 0 Å². The first-order valence-electron chi connectivity index (χ1n) is 7.08. The number of hydrogen-bond donors (Lipinski definition) is 2. The molecule has 1 aliphatic carbocycles. The Labute approximate surface area is 114 Å². The molecule has 1 amide bonds. The van der Waals surface area contributed by atoms with E-state index in [4.69, 9.17) is 5.73 Å². The van der Waals surface area contributed by atoms with E-state index in [0.717, 1.165) is 36.9 Å². The minimum atomic E-state index is -0.0786. The summed E-state index contributed by atoms with van der Waals surface area (Å²) >= 11 is 0. The van der Waals surface area contributed by atoms with Gasteiger partial charge in [-0.1, -0.05) is 19.3 Å². The monoisotopic (exact) mass is 261 g/mol. The van der Waals surface area contributed by atoms with Crippen molar-refractivity contribution in [3.05, 3.63) is 23.4 Å². The third-order valence-electron chi connectivity index (χ3n) is 3.76. The van der Waals surface area contributed by atoms with Crippen LogP contribution in [0.2, 0.25) is 0 Å². The Bertz CT molecular complexity index is 438. The Morgan fingerprint density at radius 2 is 2.00 bits per heavy atom. The zero-order valence-electron chi connectivity index (χ0n) is 11.8. The predicted octanol–water partition coefficient (Wildman–Crippen LogP) is 2.54. The van der Waals surface area contributed by atoms with Gasteiger partial charge in [-0.25, -0.2) is 4.98 Å². The fourth-order valence-electron chi connectivity index (χ4n) is 2.79. The Kier molecular flexibility index (Phi) is 4.53. The lowest BCUT2D eigenvalue weighted by atomic mass is 9.94. The van der Waals surface area contributed by atoms with Crippen molar-refractivity contribution >= 4 is 11.7 Å². The summed E-state index contributed by atoms with van der Waals surface area (Å²) in [5, 5.41) is 2.92. The number of hydrogen-bond acceptors (Lipinski definition) is 3. The minimum Gasteiger partial charge on any atom is -0.327 e. The molecule has 2 atom stereocenters. The van der Waals surface area contributed by atoms with Crippen LogP contribution in [-0.2, 0) is 4.79 Å². The average Bonchev–Trinajstić information content (AvgIpc) is 2.52. The first kappa shape index (κ1) is 14.0. The van der Waals surface area contributed by atoms with Gasteiger partial charge in [-0.3, -0.25) is 4.79 Å². The van der Waals surface area contributed by atoms with Crippen molar-refractivity contribution in [1.29, 1.82) is 0 Å². The number of nitrogens with zero attached hydrogens (tertiary/aromatic N) is 1. The largest absolute Gasteiger partial charge is 0.327 e. The van der Waals surface area contributed by atoms with Crippen LogP contribution >= 0.6 is 0 Å². The Hall–Kier alpha value is -1.42. The molecule has 1 saturated carbocycles. The van der Waals surface area contributed by atoms with Gasteiger partial charge in [0.25, 0.3) is 0 Å². The molecule has 104 valence electrons. The number of nitrogens with two attached hydrogens (primary N) is 1. The molecule has 2 unspecified atom stereocenters. The van der Waals surface area contributed by atoms with Gasteiger partial charge >= 0.3 is 0 Å². The van der Waals surface area contributed by atoms with Gasteiger partial charge in [-0.15, -0.1) is 0 Å². The second kappa shape index (κ2) is 6.15. The lowest BCUT2D eigenvalue weighted by molar-refractivity contribution is -0.120. The van der Waals surface area contributed by atoms with Gasteiger partial charge in [0.1, 0.15) is 5.82 Å². The number of aromatic nitrogens is 1. The molecule has 1 heterocycles. The molecule has 1 aromatic heterocycles. The first-order chi connectivity index (χ1) is 9.06. The molecule has 0 spiro atoms. The van der Waals surface area contributed by atoms with Crippen LogP contribution in [0.5, 0.6) is 0 Å². The summed E-state index contributed by atoms with van der Waals surface area (Å²) in [4.78, 5) is 16.7. The standard InChI is InChI=1S/C15H23N3O/c1-10-8-11(2)17-14(9-10)18-15(19)12-6-4-3-5-7-13(12)16/h8-9,12-13H,3-7,16H2,1-2H3,(H,17,18,19). The smallest absolute Gasteiger partial charge is 0.230 e. The van der Waals surface area contributed by atoms with E-state index in [2.05, 4.69) is 10.3 Å². The molecule has 0 aromatic carbocycles. The summed E-state index contributed by atoms with van der Waals surface area (Å²) in [7, 11) is 0. The topological polar surface area (TPSA) is 68.0 Å². The number of carbonyl (C=O) groups excluding carboxylic acids is 1. The fourth-order valence-corrected chi connectivity index (χ4v) is 2.79. The van der Waals surface area contributed by atoms with Crippen molar-refractivity contribution in [2.75, 3.05) is 5.32 Å². The van der Waals surface area contributed by atoms with Gasteiger partial charge in [-0.2, -0.15) is 0 Å². The van der Waals surface area contributed by atoms with Crippen molar-refractivity contribution in [3.8, 4) is 0 Å². The van der Waals surface area contributed by atoms with Crippen LogP contribution in [-0.4, -0.2) is 16.9 Å². The van der Waals surface area contributed by atoms with Gasteiger partial charge in [0, 0.05) is 11.7 Å². The first-order valence-corrected chi connectivity index (χ1v) is 7.08. The van der Waals surface area contributed by atoms with Crippen LogP contribution in [0.4, 0.5) is 5.82 Å². The van der Waals surface area contributed by atoms with Crippen LogP contribution in [0.15, 0.2) is 12.1 Å². The lowest BCUT2D eigenvalue weighted by Crippen LogP contribution is -2.38. The van der Waals surface area contributed by atoms with E-state index in [1.165, 1.54) is 6.42 Å². The quantitative estimate of drug-likeness (QED) is 0.804. The van der Waals surface area contributed by atoms with E-state index in [-0.39, 0.29) is 17.9 Å². The maximum Gasteiger partial charge on any atom is 0.230 e. The van der Waals surface area contributed by atoms with E-state index in [0.29, 0.717) is 5.82 Å². The maximum atomic E-state index is 12.3. The number of pyridine rings is 1. The SMILES string of the molecule is Cc1cc(C)nc(NC(=O)C2CCCCCC2N)c1. The highest BCUT2D eigenvalue weighted by atomic mass is 16.2. The molecule has 19 heavy (non-hydrogen) atoms. The summed E-state index contributed by atoms with van der Waals surface area (Å²) in [6.07, 6.45) is 5.23. The van der Waals surface area contributed by atoms with E-state index in [9.17, 15) is 4.79 Å². The van der Waals surface area contributed by atoms with E-state index in [1.807, 2.05) is 26.0 Å². The third kappa shape index (κ3) is 3.77. The fraction of sp³-hybridized carbons (Fsp3) is 0.600. The predicted molar refractivity (Wildman–Crippen MR) is 76.9 cm³/mol. The van der Waals surface area contributed by atoms with E-state index < -0.39 is 0 Å². The highest BCUT2D eigenvalue weighted by Crippen LogP contribution is 2.23. The van der Waals surface area contributed by atoms with Crippen LogP contribution < -0.4 is 11.1 Å². The summed E-state index contributed by atoms with van der Waals surface area (Å²) in [5.74, 6) is 0.580. The van der Waals surface area contributed by atoms with Crippen molar-refractivity contribution in [1.82, 2.24) is 4.98 Å². The zero-order valence-corrected chi connectivity index (χ0v) is 11.8. The van der Waals surface area contributed by atoms with Gasteiger partial charge in [0.05, 0.1) is 5.92 Å². The van der Waals surface area contributed by atoms with Gasteiger partial charge in [-0.05, 0) is 44.4 Å². The molecular weight excluding hydrogens is 238 g/mol. The molecule has 2 rings (SSSR count). The average molecular weight is 261 g/mol. The number of amides is 1. The molecule has 0 saturated heterocycles. The number of anilines is 1. The van der Waals surface area contributed by atoms with Crippen molar-refractivity contribution in [3.63, 3.8) is 0 Å². The van der Waals surface area contributed by atoms with Crippen molar-refractivity contribution in [2.45, 2.75) is 52.0 Å². The van der Waals surface area contributed by atoms with Crippen LogP contribution in [0.1, 0.15) is 43.4 Å². The molecule has 0 aliphatic heterocycles. The van der Waals surface area contributed by atoms with Crippen molar-refractivity contribution < 1.29 is 4.79 Å². The molecular formula is C15H23N3O. The zero-order chi connectivity index (χ0) is 13.8. The molecule has 4 nitrogen and oxygen atoms in total. The number of rotatable bonds is 2. The second-order valence-electron chi connectivity index (χ2n) is 5.57. The minimum absolute atomic E-state index is 0.0200. The van der Waals surface area contributed by atoms with Crippen LogP contribution in [0, 0.1) is 19.8 Å². The highest BCUT2D eigenvalue weighted by molar-refractivity contribution is 5.92. The normalized spacial score (nSPS) is 23.7. The molecule has 1 aliphatic rings. The van der Waals surface area contributed by atoms with E-state index >= 15 is 0 Å². The second-order valence-corrected chi connectivity index (χ2v) is 5.57. The molecule has 1 fully saturated rings. The maximum absolute atomic E-state index is 12.3. The van der Waals surface area contributed by atoms with Gasteiger partial charge < -0.3 is 11.1 Å². The molecule has 3 N–H and O–H groups in total. The Balaban J connectivity index is 2.06. The summed E-state index contributed by atoms with van der Waals surface area (Å²) in [5.41, 5.74) is 8.13. The highest BCUT2D eigenvalue weighted by Gasteiger charge is 2.27. The van der Waals surface area contributed by atoms with Crippen molar-refractivity contribution in [2.24, 2.45) is 11.7 Å². The van der Waals surface area contributed by atoms with Crippen LogP contribution in [0.3, 0.4) is 0 Å². The summed E-state index contributed by atoms with van der Waals surface area (Å²) in [6, 6.07) is 3.87. The molecule has 1 aromatic rings. The number of aryl methyl sites for hydroxylation is 2. The number of carbonyl (C=O) groups is 1.